The van der Waals surface area contributed by atoms with E-state index < -0.39 is 0 Å². The van der Waals surface area contributed by atoms with Crippen LogP contribution < -0.4 is 10.1 Å². The molecule has 0 bridgehead atoms. The van der Waals surface area contributed by atoms with E-state index in [-0.39, 0.29) is 6.04 Å². The number of hydrogen-bond donors (Lipinski definition) is 1. The van der Waals surface area contributed by atoms with E-state index in [1.54, 1.807) is 19.2 Å². The molecule has 0 spiro atoms. The van der Waals surface area contributed by atoms with Crippen molar-refractivity contribution >= 4 is 11.6 Å². The Kier molecular flexibility index (Phi) is 4.98. The van der Waals surface area contributed by atoms with Crippen LogP contribution in [0.2, 0.25) is 5.02 Å². The molecule has 0 amide bonds. The smallest absolute Gasteiger partial charge is 0.251 e. The lowest BCUT2D eigenvalue weighted by Gasteiger charge is -2.10. The highest BCUT2D eigenvalue weighted by Crippen LogP contribution is 2.32. The van der Waals surface area contributed by atoms with E-state index in [4.69, 9.17) is 20.8 Å². The topological polar surface area (TPSA) is 60.2 Å². The van der Waals surface area contributed by atoms with E-state index in [2.05, 4.69) is 22.4 Å². The molecule has 0 radical (unpaired) electrons. The van der Waals surface area contributed by atoms with Gasteiger partial charge in [-0.2, -0.15) is 0 Å². The van der Waals surface area contributed by atoms with Crippen LogP contribution in [0.3, 0.4) is 0 Å². The summed E-state index contributed by atoms with van der Waals surface area (Å²) in [5.74, 6) is 1.63. The molecule has 2 rings (SSSR count). The van der Waals surface area contributed by atoms with Gasteiger partial charge in [0.2, 0.25) is 5.89 Å². The maximum absolute atomic E-state index is 5.95. The van der Waals surface area contributed by atoms with Crippen LogP contribution in [0.25, 0.3) is 11.5 Å². The molecule has 108 valence electrons. The summed E-state index contributed by atoms with van der Waals surface area (Å²) in [6, 6.07) is 5.37. The molecule has 1 N–H and O–H groups in total. The molecule has 1 aromatic carbocycles. The number of methoxy groups -OCH3 is 1. The highest BCUT2D eigenvalue weighted by Gasteiger charge is 2.18. The van der Waals surface area contributed by atoms with E-state index in [0.29, 0.717) is 22.6 Å². The van der Waals surface area contributed by atoms with Crippen LogP contribution in [0.4, 0.5) is 0 Å². The zero-order valence-corrected chi connectivity index (χ0v) is 12.6. The maximum atomic E-state index is 5.95. The second-order valence-electron chi connectivity index (χ2n) is 4.31. The summed E-state index contributed by atoms with van der Waals surface area (Å²) in [5.41, 5.74) is 0.738. The van der Waals surface area contributed by atoms with E-state index >= 15 is 0 Å². The highest BCUT2D eigenvalue weighted by molar-refractivity contribution is 6.30. The van der Waals surface area contributed by atoms with Gasteiger partial charge in [-0.25, -0.2) is 0 Å². The fraction of sp³-hybridized carbons (Fsp3) is 0.429. The third-order valence-electron chi connectivity index (χ3n) is 2.99. The number of nitrogens with one attached hydrogen (secondary N) is 1. The molecule has 0 aliphatic carbocycles. The minimum absolute atomic E-state index is 0.0690. The molecule has 1 unspecified atom stereocenters. The largest absolute Gasteiger partial charge is 0.496 e. The van der Waals surface area contributed by atoms with Crippen molar-refractivity contribution in [3.05, 3.63) is 29.1 Å². The summed E-state index contributed by atoms with van der Waals surface area (Å²) < 4.78 is 11.0. The van der Waals surface area contributed by atoms with Gasteiger partial charge in [-0.05, 0) is 31.2 Å². The third-order valence-corrected chi connectivity index (χ3v) is 3.23. The van der Waals surface area contributed by atoms with E-state index in [0.717, 1.165) is 18.5 Å². The summed E-state index contributed by atoms with van der Waals surface area (Å²) in [6.07, 6.45) is 0.882. The average molecular weight is 296 g/mol. The first-order valence-corrected chi connectivity index (χ1v) is 6.98. The monoisotopic (exact) mass is 295 g/mol. The molecule has 0 aliphatic heterocycles. The van der Waals surface area contributed by atoms with Crippen molar-refractivity contribution in [3.8, 4) is 17.2 Å². The predicted molar refractivity (Wildman–Crippen MR) is 78.0 cm³/mol. The molecular formula is C14H18ClN3O2. The van der Waals surface area contributed by atoms with Gasteiger partial charge in [0.15, 0.2) is 0 Å². The minimum Gasteiger partial charge on any atom is -0.496 e. The number of ether oxygens (including phenoxy) is 1. The zero-order chi connectivity index (χ0) is 14.5. The van der Waals surface area contributed by atoms with E-state index in [1.165, 1.54) is 0 Å². The van der Waals surface area contributed by atoms with Gasteiger partial charge in [0.05, 0.1) is 18.7 Å². The molecule has 1 heterocycles. The molecule has 0 saturated heterocycles. The number of nitrogens with zero attached hydrogens (tertiary/aromatic N) is 2. The van der Waals surface area contributed by atoms with Crippen molar-refractivity contribution in [1.29, 1.82) is 0 Å². The van der Waals surface area contributed by atoms with Gasteiger partial charge >= 0.3 is 0 Å². The van der Waals surface area contributed by atoms with Crippen LogP contribution in [0.15, 0.2) is 22.6 Å². The van der Waals surface area contributed by atoms with Crippen molar-refractivity contribution in [2.45, 2.75) is 26.3 Å². The third kappa shape index (κ3) is 3.11. The molecule has 6 heteroatoms. The Labute approximate surface area is 123 Å². The first-order chi connectivity index (χ1) is 9.69. The Morgan fingerprint density at radius 3 is 2.80 bits per heavy atom. The van der Waals surface area contributed by atoms with Crippen molar-refractivity contribution in [3.63, 3.8) is 0 Å². The molecule has 0 aliphatic rings. The van der Waals surface area contributed by atoms with Gasteiger partial charge < -0.3 is 14.5 Å². The fourth-order valence-corrected chi connectivity index (χ4v) is 2.14. The molecule has 20 heavy (non-hydrogen) atoms. The molecule has 1 atom stereocenters. The Morgan fingerprint density at radius 1 is 1.35 bits per heavy atom. The number of rotatable bonds is 6. The van der Waals surface area contributed by atoms with E-state index in [1.807, 2.05) is 13.0 Å². The SMILES string of the molecule is CCNC(CC)c1nnc(-c2ccc(Cl)cc2OC)o1. The molecule has 2 aromatic rings. The first kappa shape index (κ1) is 14.8. The second kappa shape index (κ2) is 6.72. The van der Waals surface area contributed by atoms with Crippen molar-refractivity contribution in [2.24, 2.45) is 0 Å². The summed E-state index contributed by atoms with van der Waals surface area (Å²) in [5, 5.41) is 12.1. The van der Waals surface area contributed by atoms with Gasteiger partial charge in [-0.15, -0.1) is 10.2 Å². The zero-order valence-electron chi connectivity index (χ0n) is 11.8. The van der Waals surface area contributed by atoms with Gasteiger partial charge in [0.1, 0.15) is 5.75 Å². The summed E-state index contributed by atoms with van der Waals surface area (Å²) in [7, 11) is 1.58. The summed E-state index contributed by atoms with van der Waals surface area (Å²) in [6.45, 7) is 4.96. The Bertz CT molecular complexity index is 571. The molecular weight excluding hydrogens is 278 g/mol. The van der Waals surface area contributed by atoms with Crippen LogP contribution in [-0.4, -0.2) is 23.9 Å². The fourth-order valence-electron chi connectivity index (χ4n) is 1.98. The van der Waals surface area contributed by atoms with Crippen LogP contribution in [0.1, 0.15) is 32.2 Å². The van der Waals surface area contributed by atoms with Crippen molar-refractivity contribution in [2.75, 3.05) is 13.7 Å². The minimum atomic E-state index is 0.0690. The Hall–Kier alpha value is -1.59. The van der Waals surface area contributed by atoms with Crippen LogP contribution in [-0.2, 0) is 0 Å². The van der Waals surface area contributed by atoms with Crippen LogP contribution in [0, 0.1) is 0 Å². The van der Waals surface area contributed by atoms with Gasteiger partial charge in [0, 0.05) is 5.02 Å². The highest BCUT2D eigenvalue weighted by atomic mass is 35.5. The van der Waals surface area contributed by atoms with E-state index in [9.17, 15) is 0 Å². The van der Waals surface area contributed by atoms with Gasteiger partial charge in [-0.3, -0.25) is 0 Å². The van der Waals surface area contributed by atoms with Crippen LogP contribution >= 0.6 is 11.6 Å². The normalized spacial score (nSPS) is 12.4. The molecule has 0 fully saturated rings. The Morgan fingerprint density at radius 2 is 2.15 bits per heavy atom. The molecule has 1 aromatic heterocycles. The maximum Gasteiger partial charge on any atom is 0.251 e. The lowest BCUT2D eigenvalue weighted by Crippen LogP contribution is -2.20. The molecule has 5 nitrogen and oxygen atoms in total. The number of aromatic nitrogens is 2. The quantitative estimate of drug-likeness (QED) is 0.884. The first-order valence-electron chi connectivity index (χ1n) is 6.60. The standard InChI is InChI=1S/C14H18ClN3O2/c1-4-11(16-5-2)14-18-17-13(20-14)10-7-6-9(15)8-12(10)19-3/h6-8,11,16H,4-5H2,1-3H3. The van der Waals surface area contributed by atoms with Crippen molar-refractivity contribution in [1.82, 2.24) is 15.5 Å². The van der Waals surface area contributed by atoms with Gasteiger partial charge in [0.25, 0.3) is 5.89 Å². The Balaban J connectivity index is 2.33. The summed E-state index contributed by atoms with van der Waals surface area (Å²) >= 11 is 5.95. The number of halogens is 1. The van der Waals surface area contributed by atoms with Crippen molar-refractivity contribution < 1.29 is 9.15 Å². The predicted octanol–water partition coefficient (Wildman–Crippen LogP) is 3.46. The lowest BCUT2D eigenvalue weighted by molar-refractivity contribution is 0.396. The average Bonchev–Trinajstić information content (AvgIpc) is 2.93. The second-order valence-corrected chi connectivity index (χ2v) is 4.75. The molecule has 0 saturated carbocycles. The number of benzene rings is 1. The number of hydrogen-bond acceptors (Lipinski definition) is 5. The van der Waals surface area contributed by atoms with Gasteiger partial charge in [-0.1, -0.05) is 25.4 Å². The van der Waals surface area contributed by atoms with Crippen LogP contribution in [0.5, 0.6) is 5.75 Å². The summed E-state index contributed by atoms with van der Waals surface area (Å²) in [4.78, 5) is 0. The lowest BCUT2D eigenvalue weighted by atomic mass is 10.2.